The average molecular weight is 380 g/mol. The Morgan fingerprint density at radius 2 is 2.25 bits per heavy atom. The Kier molecular flexibility index (Phi) is 5.33. The molecule has 0 aliphatic heterocycles. The van der Waals surface area contributed by atoms with Gasteiger partial charge < -0.3 is 9.73 Å². The van der Waals surface area contributed by atoms with E-state index in [2.05, 4.69) is 31.0 Å². The van der Waals surface area contributed by atoms with Crippen LogP contribution in [0.2, 0.25) is 0 Å². The SMILES string of the molecule is CCNCc1cc(S(=O)(=O)NCc2cscn2)c(Br)o1. The lowest BCUT2D eigenvalue weighted by Gasteiger charge is -2.02. The molecule has 2 N–H and O–H groups in total. The van der Waals surface area contributed by atoms with Crippen molar-refractivity contribution < 1.29 is 12.8 Å². The number of halogens is 1. The number of hydrogen-bond acceptors (Lipinski definition) is 6. The summed E-state index contributed by atoms with van der Waals surface area (Å²) in [7, 11) is -3.63. The minimum atomic E-state index is -3.63. The Morgan fingerprint density at radius 1 is 1.45 bits per heavy atom. The van der Waals surface area contributed by atoms with Crippen LogP contribution in [-0.2, 0) is 23.1 Å². The lowest BCUT2D eigenvalue weighted by Crippen LogP contribution is -2.23. The van der Waals surface area contributed by atoms with E-state index in [1.54, 1.807) is 10.9 Å². The minimum Gasteiger partial charge on any atom is -0.452 e. The summed E-state index contributed by atoms with van der Waals surface area (Å²) in [6.07, 6.45) is 0. The van der Waals surface area contributed by atoms with E-state index in [0.29, 0.717) is 18.0 Å². The van der Waals surface area contributed by atoms with Crippen molar-refractivity contribution in [2.45, 2.75) is 24.9 Å². The van der Waals surface area contributed by atoms with Crippen LogP contribution in [-0.4, -0.2) is 19.9 Å². The van der Waals surface area contributed by atoms with Gasteiger partial charge in [0.25, 0.3) is 0 Å². The average Bonchev–Trinajstić information content (AvgIpc) is 3.03. The molecule has 2 rings (SSSR count). The summed E-state index contributed by atoms with van der Waals surface area (Å²) in [5.41, 5.74) is 2.34. The van der Waals surface area contributed by atoms with Crippen molar-refractivity contribution in [3.05, 3.63) is 33.1 Å². The minimum absolute atomic E-state index is 0.0978. The third-order valence-corrected chi connectivity index (χ3v) is 5.37. The van der Waals surface area contributed by atoms with Crippen molar-refractivity contribution in [3.63, 3.8) is 0 Å². The molecule has 0 aliphatic rings. The molecule has 110 valence electrons. The third kappa shape index (κ3) is 3.89. The Balaban J connectivity index is 2.10. The predicted molar refractivity (Wildman–Crippen MR) is 79.9 cm³/mol. The van der Waals surface area contributed by atoms with E-state index in [1.807, 2.05) is 6.92 Å². The number of rotatable bonds is 7. The molecule has 0 bridgehead atoms. The number of sulfonamides is 1. The highest BCUT2D eigenvalue weighted by molar-refractivity contribution is 9.10. The third-order valence-electron chi connectivity index (χ3n) is 2.47. The zero-order valence-electron chi connectivity index (χ0n) is 10.7. The van der Waals surface area contributed by atoms with Crippen molar-refractivity contribution in [3.8, 4) is 0 Å². The lowest BCUT2D eigenvalue weighted by molar-refractivity contribution is 0.464. The molecule has 0 amide bonds. The Hall–Kier alpha value is -0.740. The number of furan rings is 1. The zero-order chi connectivity index (χ0) is 14.6. The molecular weight excluding hydrogens is 366 g/mol. The second-order valence-electron chi connectivity index (χ2n) is 3.94. The number of aromatic nitrogens is 1. The molecule has 20 heavy (non-hydrogen) atoms. The lowest BCUT2D eigenvalue weighted by atomic mass is 10.4. The van der Waals surface area contributed by atoms with Crippen molar-refractivity contribution in [2.24, 2.45) is 0 Å². The van der Waals surface area contributed by atoms with Crippen LogP contribution in [0, 0.1) is 0 Å². The number of nitrogens with one attached hydrogen (secondary N) is 2. The maximum absolute atomic E-state index is 12.2. The highest BCUT2D eigenvalue weighted by Gasteiger charge is 2.22. The molecule has 0 spiro atoms. The van der Waals surface area contributed by atoms with E-state index < -0.39 is 10.0 Å². The monoisotopic (exact) mass is 379 g/mol. The number of thiazole rings is 1. The zero-order valence-corrected chi connectivity index (χ0v) is 13.9. The molecule has 2 aromatic heterocycles. The molecule has 6 nitrogen and oxygen atoms in total. The summed E-state index contributed by atoms with van der Waals surface area (Å²) < 4.78 is 32.4. The molecule has 0 aliphatic carbocycles. The second kappa shape index (κ2) is 6.81. The summed E-state index contributed by atoms with van der Waals surface area (Å²) in [4.78, 5) is 4.13. The van der Waals surface area contributed by atoms with Crippen LogP contribution in [0.3, 0.4) is 0 Å². The van der Waals surface area contributed by atoms with Gasteiger partial charge in [-0.1, -0.05) is 6.92 Å². The van der Waals surface area contributed by atoms with Crippen LogP contribution < -0.4 is 10.0 Å². The highest BCUT2D eigenvalue weighted by Crippen LogP contribution is 2.26. The van der Waals surface area contributed by atoms with Crippen LogP contribution in [0.4, 0.5) is 0 Å². The van der Waals surface area contributed by atoms with Crippen molar-refractivity contribution in [1.29, 1.82) is 0 Å². The molecule has 0 fully saturated rings. The maximum Gasteiger partial charge on any atom is 0.245 e. The molecule has 9 heteroatoms. The van der Waals surface area contributed by atoms with Crippen molar-refractivity contribution in [1.82, 2.24) is 15.0 Å². The van der Waals surface area contributed by atoms with E-state index in [-0.39, 0.29) is 16.1 Å². The highest BCUT2D eigenvalue weighted by atomic mass is 79.9. The Morgan fingerprint density at radius 3 is 2.90 bits per heavy atom. The Bertz CT molecular complexity index is 653. The quantitative estimate of drug-likeness (QED) is 0.769. The molecule has 2 heterocycles. The second-order valence-corrected chi connectivity index (χ2v) is 7.11. The van der Waals surface area contributed by atoms with Crippen molar-refractivity contribution in [2.75, 3.05) is 6.54 Å². The first-order valence-electron chi connectivity index (χ1n) is 5.88. The van der Waals surface area contributed by atoms with Gasteiger partial charge in [-0.25, -0.2) is 18.1 Å². The smallest absolute Gasteiger partial charge is 0.245 e. The first-order valence-corrected chi connectivity index (χ1v) is 9.10. The van der Waals surface area contributed by atoms with Gasteiger partial charge in [0.1, 0.15) is 10.7 Å². The van der Waals surface area contributed by atoms with Crippen LogP contribution >= 0.6 is 27.3 Å². The largest absolute Gasteiger partial charge is 0.452 e. The summed E-state index contributed by atoms with van der Waals surface area (Å²) in [6, 6.07) is 1.51. The Labute approximate surface area is 129 Å². The van der Waals surface area contributed by atoms with Crippen LogP contribution in [0.25, 0.3) is 0 Å². The number of hydrogen-bond donors (Lipinski definition) is 2. The molecular formula is C11H14BrN3O3S2. The molecule has 0 aromatic carbocycles. The van der Waals surface area contributed by atoms with E-state index in [4.69, 9.17) is 4.42 Å². The van der Waals surface area contributed by atoms with Gasteiger partial charge in [0.2, 0.25) is 10.0 Å². The first kappa shape index (κ1) is 15.6. The summed E-state index contributed by atoms with van der Waals surface area (Å²) in [5.74, 6) is 0.563. The topological polar surface area (TPSA) is 84.2 Å². The fraction of sp³-hybridized carbons (Fsp3) is 0.364. The van der Waals surface area contributed by atoms with Gasteiger partial charge in [0.05, 0.1) is 24.3 Å². The van der Waals surface area contributed by atoms with Crippen molar-refractivity contribution >= 4 is 37.3 Å². The standard InChI is InChI=1S/C11H14BrN3O3S2/c1-2-13-5-9-3-10(11(12)18-9)20(16,17)15-4-8-6-19-7-14-8/h3,6-7,13,15H,2,4-5H2,1H3. The molecule has 0 unspecified atom stereocenters. The van der Waals surface area contributed by atoms with Gasteiger partial charge in [-0.15, -0.1) is 11.3 Å². The van der Waals surface area contributed by atoms with Gasteiger partial charge >= 0.3 is 0 Å². The predicted octanol–water partition coefficient (Wildman–Crippen LogP) is 2.09. The number of nitrogens with zero attached hydrogens (tertiary/aromatic N) is 1. The molecule has 2 aromatic rings. The van der Waals surface area contributed by atoms with Gasteiger partial charge in [-0.3, -0.25) is 0 Å². The first-order chi connectivity index (χ1) is 9.53. The van der Waals surface area contributed by atoms with Crippen LogP contribution in [0.1, 0.15) is 18.4 Å². The van der Waals surface area contributed by atoms with Gasteiger partial charge in [0, 0.05) is 11.4 Å². The van der Waals surface area contributed by atoms with Gasteiger partial charge in [0.15, 0.2) is 4.67 Å². The van der Waals surface area contributed by atoms with E-state index >= 15 is 0 Å². The molecule has 0 atom stereocenters. The van der Waals surface area contributed by atoms with Gasteiger partial charge in [-0.05, 0) is 22.5 Å². The summed E-state index contributed by atoms with van der Waals surface area (Å²) >= 11 is 4.56. The summed E-state index contributed by atoms with van der Waals surface area (Å²) in [5, 5.41) is 4.87. The van der Waals surface area contributed by atoms with Gasteiger partial charge in [-0.2, -0.15) is 0 Å². The molecule has 0 radical (unpaired) electrons. The van der Waals surface area contributed by atoms with E-state index in [9.17, 15) is 8.42 Å². The van der Waals surface area contributed by atoms with Crippen LogP contribution in [0.15, 0.2) is 30.9 Å². The van der Waals surface area contributed by atoms with E-state index in [1.165, 1.54) is 17.4 Å². The summed E-state index contributed by atoms with van der Waals surface area (Å²) in [6.45, 7) is 3.39. The van der Waals surface area contributed by atoms with Crippen LogP contribution in [0.5, 0.6) is 0 Å². The van der Waals surface area contributed by atoms with E-state index in [0.717, 1.165) is 6.54 Å². The normalized spacial score (nSPS) is 11.9. The maximum atomic E-state index is 12.2. The fourth-order valence-corrected chi connectivity index (χ4v) is 4.04. The fourth-order valence-electron chi connectivity index (χ4n) is 1.49. The molecule has 0 saturated carbocycles. The molecule has 0 saturated heterocycles.